The molecule has 3 nitrogen and oxygen atoms in total. The normalized spacial score (nSPS) is 34.8. The highest BCUT2D eigenvalue weighted by atomic mass is 16.5. The largest absolute Gasteiger partial charge is 0.381 e. The number of ether oxygens (including phenoxy) is 1. The standard InChI is InChI=1S/C10H17NO2/c12-10(9-4-1-5-11-9)8-3-2-6-13-7-8/h8-9,11H,1-7H2. The van der Waals surface area contributed by atoms with Gasteiger partial charge in [-0.3, -0.25) is 4.79 Å². The first-order valence-corrected chi connectivity index (χ1v) is 5.23. The lowest BCUT2D eigenvalue weighted by molar-refractivity contribution is -0.128. The molecular weight excluding hydrogens is 166 g/mol. The number of carbonyl (C=O) groups excluding carboxylic acids is 1. The SMILES string of the molecule is O=C(C1CCCOC1)C1CCCN1. The summed E-state index contributed by atoms with van der Waals surface area (Å²) in [5.74, 6) is 0.557. The van der Waals surface area contributed by atoms with E-state index in [2.05, 4.69) is 5.32 Å². The minimum absolute atomic E-state index is 0.131. The monoisotopic (exact) mass is 183 g/mol. The molecule has 2 unspecified atom stereocenters. The van der Waals surface area contributed by atoms with Gasteiger partial charge in [-0.25, -0.2) is 0 Å². The van der Waals surface area contributed by atoms with Crippen LogP contribution in [0, 0.1) is 5.92 Å². The second-order valence-corrected chi connectivity index (χ2v) is 3.97. The molecule has 2 atom stereocenters. The molecule has 0 amide bonds. The summed E-state index contributed by atoms with van der Waals surface area (Å²) in [5.41, 5.74) is 0. The molecule has 2 aliphatic heterocycles. The van der Waals surface area contributed by atoms with Crippen molar-refractivity contribution in [3.8, 4) is 0 Å². The van der Waals surface area contributed by atoms with Gasteiger partial charge in [0.15, 0.2) is 5.78 Å². The van der Waals surface area contributed by atoms with Crippen molar-refractivity contribution in [2.45, 2.75) is 31.7 Å². The van der Waals surface area contributed by atoms with Gasteiger partial charge in [0.1, 0.15) is 0 Å². The summed E-state index contributed by atoms with van der Waals surface area (Å²) >= 11 is 0. The zero-order valence-corrected chi connectivity index (χ0v) is 7.92. The average Bonchev–Trinajstić information content (AvgIpc) is 2.71. The van der Waals surface area contributed by atoms with Gasteiger partial charge in [0.25, 0.3) is 0 Å². The van der Waals surface area contributed by atoms with Crippen molar-refractivity contribution in [2.24, 2.45) is 5.92 Å². The van der Waals surface area contributed by atoms with E-state index in [0.717, 1.165) is 38.8 Å². The molecule has 0 aromatic heterocycles. The molecule has 0 aliphatic carbocycles. The Kier molecular flexibility index (Phi) is 2.96. The molecule has 0 aromatic carbocycles. The number of nitrogens with one attached hydrogen (secondary N) is 1. The Morgan fingerprint density at radius 1 is 1.31 bits per heavy atom. The van der Waals surface area contributed by atoms with Crippen molar-refractivity contribution in [1.29, 1.82) is 0 Å². The first kappa shape index (κ1) is 9.16. The van der Waals surface area contributed by atoms with Gasteiger partial charge in [-0.1, -0.05) is 0 Å². The molecule has 0 bridgehead atoms. The van der Waals surface area contributed by atoms with Crippen LogP contribution in [0.4, 0.5) is 0 Å². The summed E-state index contributed by atoms with van der Waals surface area (Å²) in [7, 11) is 0. The first-order chi connectivity index (χ1) is 6.38. The Morgan fingerprint density at radius 3 is 2.85 bits per heavy atom. The highest BCUT2D eigenvalue weighted by molar-refractivity contribution is 5.86. The van der Waals surface area contributed by atoms with Crippen LogP contribution in [0.3, 0.4) is 0 Å². The summed E-state index contributed by atoms with van der Waals surface area (Å²) in [4.78, 5) is 11.9. The third kappa shape index (κ3) is 2.09. The van der Waals surface area contributed by atoms with Crippen molar-refractivity contribution < 1.29 is 9.53 Å². The zero-order chi connectivity index (χ0) is 9.10. The van der Waals surface area contributed by atoms with Crippen molar-refractivity contribution in [2.75, 3.05) is 19.8 Å². The summed E-state index contributed by atoms with van der Waals surface area (Å²) in [6.45, 7) is 2.49. The van der Waals surface area contributed by atoms with Crippen LogP contribution in [-0.2, 0) is 9.53 Å². The van der Waals surface area contributed by atoms with E-state index < -0.39 is 0 Å². The number of hydrogen-bond donors (Lipinski definition) is 1. The topological polar surface area (TPSA) is 38.3 Å². The van der Waals surface area contributed by atoms with E-state index in [-0.39, 0.29) is 12.0 Å². The van der Waals surface area contributed by atoms with Gasteiger partial charge in [0.2, 0.25) is 0 Å². The molecule has 2 fully saturated rings. The number of Topliss-reactive ketones (excluding diaryl/α,β-unsaturated/α-hetero) is 1. The summed E-state index contributed by atoms with van der Waals surface area (Å²) in [5, 5.41) is 3.25. The van der Waals surface area contributed by atoms with Crippen LogP contribution in [0.5, 0.6) is 0 Å². The molecule has 2 heterocycles. The van der Waals surface area contributed by atoms with Gasteiger partial charge >= 0.3 is 0 Å². The lowest BCUT2D eigenvalue weighted by atomic mass is 9.92. The van der Waals surface area contributed by atoms with E-state index in [1.54, 1.807) is 0 Å². The number of hydrogen-bond acceptors (Lipinski definition) is 3. The van der Waals surface area contributed by atoms with Gasteiger partial charge in [-0.15, -0.1) is 0 Å². The number of carbonyl (C=O) groups is 1. The quantitative estimate of drug-likeness (QED) is 0.686. The molecule has 13 heavy (non-hydrogen) atoms. The van der Waals surface area contributed by atoms with Crippen LogP contribution >= 0.6 is 0 Å². The molecule has 2 saturated heterocycles. The van der Waals surface area contributed by atoms with Gasteiger partial charge in [-0.05, 0) is 32.2 Å². The van der Waals surface area contributed by atoms with Crippen LogP contribution in [0.15, 0.2) is 0 Å². The lowest BCUT2D eigenvalue weighted by Gasteiger charge is -2.23. The van der Waals surface area contributed by atoms with E-state index in [0.29, 0.717) is 12.4 Å². The Labute approximate surface area is 78.8 Å². The van der Waals surface area contributed by atoms with E-state index in [4.69, 9.17) is 4.74 Å². The van der Waals surface area contributed by atoms with Crippen molar-refractivity contribution in [3.63, 3.8) is 0 Å². The molecule has 1 N–H and O–H groups in total. The maximum atomic E-state index is 11.9. The van der Waals surface area contributed by atoms with Crippen molar-refractivity contribution in [1.82, 2.24) is 5.32 Å². The summed E-state index contributed by atoms with van der Waals surface area (Å²) in [6, 6.07) is 0.131. The lowest BCUT2D eigenvalue weighted by Crippen LogP contribution is -2.38. The third-order valence-corrected chi connectivity index (χ3v) is 2.97. The molecule has 3 heteroatoms. The third-order valence-electron chi connectivity index (χ3n) is 2.97. The van der Waals surface area contributed by atoms with Gasteiger partial charge < -0.3 is 10.1 Å². The Hall–Kier alpha value is -0.410. The highest BCUT2D eigenvalue weighted by Gasteiger charge is 2.29. The molecule has 0 radical (unpaired) electrons. The fourth-order valence-corrected chi connectivity index (χ4v) is 2.18. The van der Waals surface area contributed by atoms with Crippen LogP contribution in [0.1, 0.15) is 25.7 Å². The minimum atomic E-state index is 0.131. The smallest absolute Gasteiger partial charge is 0.155 e. The predicted octanol–water partition coefficient (Wildman–Crippen LogP) is 0.734. The second kappa shape index (κ2) is 4.20. The minimum Gasteiger partial charge on any atom is -0.381 e. The summed E-state index contributed by atoms with van der Waals surface area (Å²) < 4.78 is 5.31. The zero-order valence-electron chi connectivity index (χ0n) is 7.92. The van der Waals surface area contributed by atoms with E-state index in [1.807, 2.05) is 0 Å². The molecular formula is C10H17NO2. The van der Waals surface area contributed by atoms with E-state index in [1.165, 1.54) is 0 Å². The summed E-state index contributed by atoms with van der Waals surface area (Å²) in [6.07, 6.45) is 4.24. The van der Waals surface area contributed by atoms with Crippen molar-refractivity contribution >= 4 is 5.78 Å². The van der Waals surface area contributed by atoms with E-state index >= 15 is 0 Å². The molecule has 2 aliphatic rings. The molecule has 74 valence electrons. The first-order valence-electron chi connectivity index (χ1n) is 5.23. The highest BCUT2D eigenvalue weighted by Crippen LogP contribution is 2.19. The fourth-order valence-electron chi connectivity index (χ4n) is 2.18. The predicted molar refractivity (Wildman–Crippen MR) is 49.6 cm³/mol. The second-order valence-electron chi connectivity index (χ2n) is 3.97. The van der Waals surface area contributed by atoms with Crippen molar-refractivity contribution in [3.05, 3.63) is 0 Å². The Morgan fingerprint density at radius 2 is 2.23 bits per heavy atom. The fraction of sp³-hybridized carbons (Fsp3) is 0.900. The van der Waals surface area contributed by atoms with Crippen LogP contribution < -0.4 is 5.32 Å². The molecule has 0 aromatic rings. The molecule has 0 spiro atoms. The maximum absolute atomic E-state index is 11.9. The van der Waals surface area contributed by atoms with Crippen LogP contribution in [-0.4, -0.2) is 31.6 Å². The average molecular weight is 183 g/mol. The molecule has 0 saturated carbocycles. The Bertz CT molecular complexity index is 181. The number of ketones is 1. The van der Waals surface area contributed by atoms with E-state index in [9.17, 15) is 4.79 Å². The Balaban J connectivity index is 1.87. The number of rotatable bonds is 2. The van der Waals surface area contributed by atoms with Gasteiger partial charge in [-0.2, -0.15) is 0 Å². The molecule has 2 rings (SSSR count). The van der Waals surface area contributed by atoms with Gasteiger partial charge in [0, 0.05) is 12.5 Å². The van der Waals surface area contributed by atoms with Gasteiger partial charge in [0.05, 0.1) is 12.6 Å². The van der Waals surface area contributed by atoms with Crippen LogP contribution in [0.25, 0.3) is 0 Å². The van der Waals surface area contributed by atoms with Crippen LogP contribution in [0.2, 0.25) is 0 Å². The maximum Gasteiger partial charge on any atom is 0.155 e.